The molecule has 0 radical (unpaired) electrons. The van der Waals surface area contributed by atoms with E-state index in [9.17, 15) is 13.2 Å². The predicted molar refractivity (Wildman–Crippen MR) is 125 cm³/mol. The molecule has 0 aromatic heterocycles. The van der Waals surface area contributed by atoms with Crippen LogP contribution in [0.2, 0.25) is 0 Å². The first-order valence-corrected chi connectivity index (χ1v) is 11.6. The van der Waals surface area contributed by atoms with E-state index in [1.807, 2.05) is 52.0 Å². The van der Waals surface area contributed by atoms with Gasteiger partial charge in [-0.25, -0.2) is 8.42 Å². The van der Waals surface area contributed by atoms with E-state index < -0.39 is 10.0 Å². The van der Waals surface area contributed by atoms with Crippen LogP contribution in [0.25, 0.3) is 0 Å². The lowest BCUT2D eigenvalue weighted by Gasteiger charge is -2.26. The molecule has 0 spiro atoms. The van der Waals surface area contributed by atoms with Gasteiger partial charge in [0, 0.05) is 0 Å². The summed E-state index contributed by atoms with van der Waals surface area (Å²) in [6.45, 7) is 7.45. The van der Waals surface area contributed by atoms with Crippen molar-refractivity contribution in [2.75, 3.05) is 10.8 Å². The number of para-hydroxylation sites is 1. The minimum Gasteiger partial charge on any atom is -0.348 e. The van der Waals surface area contributed by atoms with Crippen LogP contribution < -0.4 is 9.62 Å². The van der Waals surface area contributed by atoms with Crippen LogP contribution in [0.1, 0.15) is 35.2 Å². The fraction of sp³-hybridized carbons (Fsp3) is 0.240. The third-order valence-electron chi connectivity index (χ3n) is 5.27. The Bertz CT molecular complexity index is 1170. The number of rotatable bonds is 7. The van der Waals surface area contributed by atoms with Crippen molar-refractivity contribution < 1.29 is 13.2 Å². The zero-order valence-electron chi connectivity index (χ0n) is 18.3. The molecule has 3 aromatic rings. The number of carbonyl (C=O) groups is 1. The smallest absolute Gasteiger partial charge is 0.264 e. The molecule has 1 atom stereocenters. The molecule has 6 heteroatoms. The molecule has 162 valence electrons. The summed E-state index contributed by atoms with van der Waals surface area (Å²) in [5, 5.41) is 2.95. The lowest BCUT2D eigenvalue weighted by Crippen LogP contribution is -2.42. The molecule has 1 N–H and O–H groups in total. The second kappa shape index (κ2) is 9.35. The molecule has 0 aliphatic carbocycles. The molecule has 0 aliphatic rings. The van der Waals surface area contributed by atoms with Crippen molar-refractivity contribution in [1.29, 1.82) is 0 Å². The number of nitrogens with one attached hydrogen (secondary N) is 1. The second-order valence-electron chi connectivity index (χ2n) is 7.76. The van der Waals surface area contributed by atoms with Gasteiger partial charge in [-0.3, -0.25) is 9.10 Å². The summed E-state index contributed by atoms with van der Waals surface area (Å²) in [6, 6.07) is 21.2. The molecule has 31 heavy (non-hydrogen) atoms. The van der Waals surface area contributed by atoms with Crippen LogP contribution in [0.15, 0.2) is 77.7 Å². The highest BCUT2D eigenvalue weighted by atomic mass is 32.2. The van der Waals surface area contributed by atoms with Gasteiger partial charge >= 0.3 is 0 Å². The number of amides is 1. The summed E-state index contributed by atoms with van der Waals surface area (Å²) in [5.41, 5.74) is 4.50. The van der Waals surface area contributed by atoms with Crippen LogP contribution in [0.4, 0.5) is 5.69 Å². The quantitative estimate of drug-likeness (QED) is 0.585. The topological polar surface area (TPSA) is 66.5 Å². The summed E-state index contributed by atoms with van der Waals surface area (Å²) in [4.78, 5) is 13.1. The molecular formula is C25H28N2O3S. The van der Waals surface area contributed by atoms with Gasteiger partial charge in [-0.1, -0.05) is 60.2 Å². The fourth-order valence-electron chi connectivity index (χ4n) is 3.67. The second-order valence-corrected chi connectivity index (χ2v) is 9.62. The maximum Gasteiger partial charge on any atom is 0.264 e. The molecule has 0 bridgehead atoms. The third kappa shape index (κ3) is 5.14. The largest absolute Gasteiger partial charge is 0.348 e. The van der Waals surface area contributed by atoms with Crippen molar-refractivity contribution in [2.24, 2.45) is 0 Å². The van der Waals surface area contributed by atoms with E-state index in [-0.39, 0.29) is 23.4 Å². The van der Waals surface area contributed by atoms with Gasteiger partial charge in [-0.2, -0.15) is 0 Å². The Balaban J connectivity index is 1.90. The Labute approximate surface area is 184 Å². The van der Waals surface area contributed by atoms with Crippen molar-refractivity contribution >= 4 is 21.6 Å². The van der Waals surface area contributed by atoms with Crippen LogP contribution in [0.3, 0.4) is 0 Å². The van der Waals surface area contributed by atoms with Gasteiger partial charge in [-0.15, -0.1) is 0 Å². The molecule has 0 saturated heterocycles. The minimum absolute atomic E-state index is 0.147. The average Bonchev–Trinajstić information content (AvgIpc) is 2.73. The molecule has 3 rings (SSSR count). The van der Waals surface area contributed by atoms with Crippen LogP contribution >= 0.6 is 0 Å². The lowest BCUT2D eigenvalue weighted by molar-refractivity contribution is -0.120. The lowest BCUT2D eigenvalue weighted by atomic mass is 10.0. The van der Waals surface area contributed by atoms with Gasteiger partial charge in [0.2, 0.25) is 5.91 Å². The first-order chi connectivity index (χ1) is 14.7. The number of anilines is 1. The van der Waals surface area contributed by atoms with E-state index in [4.69, 9.17) is 0 Å². The van der Waals surface area contributed by atoms with E-state index in [2.05, 4.69) is 11.4 Å². The molecular weight excluding hydrogens is 408 g/mol. The maximum atomic E-state index is 13.4. The Morgan fingerprint density at radius 1 is 0.903 bits per heavy atom. The van der Waals surface area contributed by atoms with Gasteiger partial charge in [-0.05, 0) is 62.6 Å². The van der Waals surface area contributed by atoms with Gasteiger partial charge in [0.05, 0.1) is 16.6 Å². The highest BCUT2D eigenvalue weighted by Gasteiger charge is 2.28. The number of benzene rings is 3. The highest BCUT2D eigenvalue weighted by molar-refractivity contribution is 7.92. The number of carbonyl (C=O) groups excluding carboxylic acids is 1. The van der Waals surface area contributed by atoms with E-state index in [0.717, 1.165) is 22.3 Å². The summed E-state index contributed by atoms with van der Waals surface area (Å²) < 4.78 is 28.0. The Morgan fingerprint density at radius 3 is 2.19 bits per heavy atom. The van der Waals surface area contributed by atoms with E-state index in [0.29, 0.717) is 5.69 Å². The summed E-state index contributed by atoms with van der Waals surface area (Å²) in [6.07, 6.45) is 0. The van der Waals surface area contributed by atoms with Gasteiger partial charge in [0.1, 0.15) is 6.54 Å². The molecule has 0 unspecified atom stereocenters. The number of hydrogen-bond donors (Lipinski definition) is 1. The Hall–Kier alpha value is -3.12. The van der Waals surface area contributed by atoms with Crippen LogP contribution in [0, 0.1) is 20.8 Å². The SMILES string of the molecule is Cc1ccc([C@H](C)NC(=O)CN(c2ccccc2C)S(=O)(=O)c2ccccc2)c(C)c1. The number of nitrogens with zero attached hydrogens (tertiary/aromatic N) is 1. The first kappa shape index (κ1) is 22.6. The zero-order valence-corrected chi connectivity index (χ0v) is 19.1. The standard InChI is InChI=1S/C25H28N2O3S/c1-18-14-15-23(20(3)16-18)21(4)26-25(28)17-27(24-13-9-8-10-19(24)2)31(29,30)22-11-6-5-7-12-22/h5-16,21H,17H2,1-4H3,(H,26,28)/t21-/m0/s1. The van der Waals surface area contributed by atoms with Crippen molar-refractivity contribution in [1.82, 2.24) is 5.32 Å². The third-order valence-corrected chi connectivity index (χ3v) is 7.05. The van der Waals surface area contributed by atoms with Crippen molar-refractivity contribution in [3.63, 3.8) is 0 Å². The molecule has 5 nitrogen and oxygen atoms in total. The Morgan fingerprint density at radius 2 is 1.55 bits per heavy atom. The highest BCUT2D eigenvalue weighted by Crippen LogP contribution is 2.27. The van der Waals surface area contributed by atoms with Crippen LogP contribution in [-0.2, 0) is 14.8 Å². The molecule has 0 fully saturated rings. The maximum absolute atomic E-state index is 13.4. The number of sulfonamides is 1. The normalized spacial score (nSPS) is 12.3. The number of hydrogen-bond acceptors (Lipinski definition) is 3. The van der Waals surface area contributed by atoms with Gasteiger partial charge < -0.3 is 5.32 Å². The minimum atomic E-state index is -3.91. The monoisotopic (exact) mass is 436 g/mol. The number of aryl methyl sites for hydroxylation is 3. The van der Waals surface area contributed by atoms with E-state index in [1.54, 1.807) is 30.3 Å². The molecule has 0 heterocycles. The fourth-order valence-corrected chi connectivity index (χ4v) is 5.18. The van der Waals surface area contributed by atoms with Gasteiger partial charge in [0.25, 0.3) is 10.0 Å². The average molecular weight is 437 g/mol. The Kier molecular flexibility index (Phi) is 6.81. The molecule has 0 saturated carbocycles. The molecule has 3 aromatic carbocycles. The van der Waals surface area contributed by atoms with Crippen molar-refractivity contribution in [3.8, 4) is 0 Å². The molecule has 0 aliphatic heterocycles. The van der Waals surface area contributed by atoms with Crippen molar-refractivity contribution in [3.05, 3.63) is 95.1 Å². The van der Waals surface area contributed by atoms with E-state index >= 15 is 0 Å². The summed E-state index contributed by atoms with van der Waals surface area (Å²) in [7, 11) is -3.91. The van der Waals surface area contributed by atoms with Crippen LogP contribution in [-0.4, -0.2) is 20.9 Å². The van der Waals surface area contributed by atoms with E-state index in [1.165, 1.54) is 16.4 Å². The van der Waals surface area contributed by atoms with Crippen molar-refractivity contribution in [2.45, 2.75) is 38.6 Å². The molecule has 1 amide bonds. The summed E-state index contributed by atoms with van der Waals surface area (Å²) in [5.74, 6) is -0.366. The van der Waals surface area contributed by atoms with Crippen LogP contribution in [0.5, 0.6) is 0 Å². The summed E-state index contributed by atoms with van der Waals surface area (Å²) >= 11 is 0. The predicted octanol–water partition coefficient (Wildman–Crippen LogP) is 4.68. The van der Waals surface area contributed by atoms with Gasteiger partial charge in [0.15, 0.2) is 0 Å². The zero-order chi connectivity index (χ0) is 22.6. The first-order valence-electron chi connectivity index (χ1n) is 10.2.